The number of hydrogen-bond acceptors (Lipinski definition) is 0. The first-order chi connectivity index (χ1) is 11.5. The van der Waals surface area contributed by atoms with Crippen LogP contribution in [0.4, 0.5) is 13.2 Å². The summed E-state index contributed by atoms with van der Waals surface area (Å²) in [6, 6.07) is 16.0. The molecule has 0 fully saturated rings. The van der Waals surface area contributed by atoms with Gasteiger partial charge >= 0.3 is 0 Å². The quantitative estimate of drug-likeness (QED) is 0.511. The standard InChI is InChI=1S/C21H17F3/c1-13(2)14-6-8-15(9-7-14)17-11-10-16(12-20(17)23)18-4-3-5-19(22)21(18)24/h3-13H,1-2H3. The second kappa shape index (κ2) is 6.52. The summed E-state index contributed by atoms with van der Waals surface area (Å²) in [6.45, 7) is 4.19. The van der Waals surface area contributed by atoms with Crippen molar-refractivity contribution in [1.82, 2.24) is 0 Å². The Hall–Kier alpha value is -2.55. The molecule has 0 aliphatic carbocycles. The number of halogens is 3. The minimum Gasteiger partial charge on any atom is -0.206 e. The van der Waals surface area contributed by atoms with Crippen LogP contribution in [0.3, 0.4) is 0 Å². The van der Waals surface area contributed by atoms with Crippen molar-refractivity contribution in [2.75, 3.05) is 0 Å². The highest BCUT2D eigenvalue weighted by Gasteiger charge is 2.13. The van der Waals surface area contributed by atoms with Crippen LogP contribution < -0.4 is 0 Å². The molecule has 0 spiro atoms. The summed E-state index contributed by atoms with van der Waals surface area (Å²) < 4.78 is 41.7. The van der Waals surface area contributed by atoms with E-state index in [-0.39, 0.29) is 5.56 Å². The summed E-state index contributed by atoms with van der Waals surface area (Å²) in [5.74, 6) is -1.97. The summed E-state index contributed by atoms with van der Waals surface area (Å²) in [6.07, 6.45) is 0. The van der Waals surface area contributed by atoms with Gasteiger partial charge in [0.15, 0.2) is 11.6 Å². The fraction of sp³-hybridized carbons (Fsp3) is 0.143. The van der Waals surface area contributed by atoms with Crippen LogP contribution in [0, 0.1) is 17.5 Å². The molecule has 3 aromatic carbocycles. The predicted octanol–water partition coefficient (Wildman–Crippen LogP) is 6.56. The van der Waals surface area contributed by atoms with E-state index in [9.17, 15) is 13.2 Å². The number of benzene rings is 3. The molecule has 0 bridgehead atoms. The van der Waals surface area contributed by atoms with E-state index in [4.69, 9.17) is 0 Å². The van der Waals surface area contributed by atoms with Gasteiger partial charge in [-0.25, -0.2) is 13.2 Å². The van der Waals surface area contributed by atoms with Crippen molar-refractivity contribution >= 4 is 0 Å². The molecule has 0 radical (unpaired) electrons. The zero-order chi connectivity index (χ0) is 17.3. The molecule has 0 aliphatic rings. The maximum Gasteiger partial charge on any atom is 0.166 e. The Kier molecular flexibility index (Phi) is 4.43. The van der Waals surface area contributed by atoms with Gasteiger partial charge in [0.05, 0.1) is 0 Å². The lowest BCUT2D eigenvalue weighted by atomic mass is 9.96. The maximum absolute atomic E-state index is 14.5. The molecule has 0 heterocycles. The van der Waals surface area contributed by atoms with Gasteiger partial charge in [0.25, 0.3) is 0 Å². The van der Waals surface area contributed by atoms with E-state index < -0.39 is 17.5 Å². The summed E-state index contributed by atoms with van der Waals surface area (Å²) in [7, 11) is 0. The SMILES string of the molecule is CC(C)c1ccc(-c2ccc(-c3cccc(F)c3F)cc2F)cc1. The lowest BCUT2D eigenvalue weighted by molar-refractivity contribution is 0.511. The monoisotopic (exact) mass is 326 g/mol. The molecule has 0 saturated heterocycles. The van der Waals surface area contributed by atoms with Crippen molar-refractivity contribution in [2.45, 2.75) is 19.8 Å². The molecule has 0 atom stereocenters. The topological polar surface area (TPSA) is 0 Å². The van der Waals surface area contributed by atoms with Crippen LogP contribution >= 0.6 is 0 Å². The third-order valence-corrected chi connectivity index (χ3v) is 4.12. The summed E-state index contributed by atoms with van der Waals surface area (Å²) in [5, 5.41) is 0. The highest BCUT2D eigenvalue weighted by molar-refractivity contribution is 5.71. The molecule has 3 heteroatoms. The van der Waals surface area contributed by atoms with Gasteiger partial charge in [-0.2, -0.15) is 0 Å². The fourth-order valence-corrected chi connectivity index (χ4v) is 2.69. The summed E-state index contributed by atoms with van der Waals surface area (Å²) >= 11 is 0. The van der Waals surface area contributed by atoms with Crippen LogP contribution in [0.25, 0.3) is 22.3 Å². The number of hydrogen-bond donors (Lipinski definition) is 0. The highest BCUT2D eigenvalue weighted by Crippen LogP contribution is 2.30. The van der Waals surface area contributed by atoms with E-state index in [1.807, 2.05) is 24.3 Å². The van der Waals surface area contributed by atoms with Gasteiger partial charge in [-0.3, -0.25) is 0 Å². The second-order valence-electron chi connectivity index (χ2n) is 6.07. The Balaban J connectivity index is 1.99. The molecule has 0 aromatic heterocycles. The molecule has 0 saturated carbocycles. The number of rotatable bonds is 3. The lowest BCUT2D eigenvalue weighted by Gasteiger charge is -2.10. The van der Waals surface area contributed by atoms with Gasteiger partial charge in [-0.1, -0.05) is 62.4 Å². The van der Waals surface area contributed by atoms with Gasteiger partial charge in [-0.05, 0) is 34.7 Å². The zero-order valence-electron chi connectivity index (χ0n) is 13.5. The summed E-state index contributed by atoms with van der Waals surface area (Å²) in [5.41, 5.74) is 2.73. The highest BCUT2D eigenvalue weighted by atomic mass is 19.2. The largest absolute Gasteiger partial charge is 0.206 e. The van der Waals surface area contributed by atoms with E-state index in [0.29, 0.717) is 17.0 Å². The molecule has 0 nitrogen and oxygen atoms in total. The average molecular weight is 326 g/mol. The van der Waals surface area contributed by atoms with Crippen LogP contribution in [0.1, 0.15) is 25.3 Å². The van der Waals surface area contributed by atoms with E-state index in [0.717, 1.165) is 11.6 Å². The van der Waals surface area contributed by atoms with Crippen LogP contribution in [0.5, 0.6) is 0 Å². The van der Waals surface area contributed by atoms with E-state index in [2.05, 4.69) is 13.8 Å². The Morgan fingerprint density at radius 2 is 1.33 bits per heavy atom. The van der Waals surface area contributed by atoms with E-state index >= 15 is 0 Å². The van der Waals surface area contributed by atoms with Gasteiger partial charge in [0.2, 0.25) is 0 Å². The van der Waals surface area contributed by atoms with Crippen LogP contribution in [-0.4, -0.2) is 0 Å². The van der Waals surface area contributed by atoms with Crippen LogP contribution in [0.15, 0.2) is 60.7 Å². The van der Waals surface area contributed by atoms with Crippen molar-refractivity contribution < 1.29 is 13.2 Å². The van der Waals surface area contributed by atoms with E-state index in [1.54, 1.807) is 12.1 Å². The Bertz CT molecular complexity index is 865. The molecule has 3 aromatic rings. The van der Waals surface area contributed by atoms with Crippen molar-refractivity contribution in [3.8, 4) is 22.3 Å². The molecular formula is C21H17F3. The second-order valence-corrected chi connectivity index (χ2v) is 6.07. The first kappa shape index (κ1) is 16.3. The molecule has 0 unspecified atom stereocenters. The molecule has 0 amide bonds. The van der Waals surface area contributed by atoms with Gasteiger partial charge in [-0.15, -0.1) is 0 Å². The first-order valence-corrected chi connectivity index (χ1v) is 7.81. The first-order valence-electron chi connectivity index (χ1n) is 7.81. The molecule has 122 valence electrons. The Morgan fingerprint density at radius 1 is 0.667 bits per heavy atom. The van der Waals surface area contributed by atoms with Crippen molar-refractivity contribution in [3.05, 3.63) is 83.7 Å². The third-order valence-electron chi connectivity index (χ3n) is 4.12. The molecule has 0 N–H and O–H groups in total. The van der Waals surface area contributed by atoms with Gasteiger partial charge in [0.1, 0.15) is 5.82 Å². The maximum atomic E-state index is 14.5. The zero-order valence-corrected chi connectivity index (χ0v) is 13.5. The molecule has 0 aliphatic heterocycles. The predicted molar refractivity (Wildman–Crippen MR) is 91.3 cm³/mol. The third kappa shape index (κ3) is 3.07. The van der Waals surface area contributed by atoms with E-state index in [1.165, 1.54) is 23.8 Å². The Morgan fingerprint density at radius 3 is 1.96 bits per heavy atom. The summed E-state index contributed by atoms with van der Waals surface area (Å²) in [4.78, 5) is 0. The molecular weight excluding hydrogens is 309 g/mol. The lowest BCUT2D eigenvalue weighted by Crippen LogP contribution is -1.92. The minimum absolute atomic E-state index is 0.0515. The van der Waals surface area contributed by atoms with Crippen LogP contribution in [-0.2, 0) is 0 Å². The normalized spacial score (nSPS) is 11.1. The smallest absolute Gasteiger partial charge is 0.166 e. The van der Waals surface area contributed by atoms with Crippen molar-refractivity contribution in [2.24, 2.45) is 0 Å². The Labute approximate surface area is 139 Å². The fourth-order valence-electron chi connectivity index (χ4n) is 2.69. The van der Waals surface area contributed by atoms with Gasteiger partial charge in [0, 0.05) is 11.1 Å². The van der Waals surface area contributed by atoms with Gasteiger partial charge < -0.3 is 0 Å². The minimum atomic E-state index is -0.967. The molecule has 24 heavy (non-hydrogen) atoms. The molecule has 3 rings (SSSR count). The van der Waals surface area contributed by atoms with Crippen LogP contribution in [0.2, 0.25) is 0 Å². The average Bonchev–Trinajstić information content (AvgIpc) is 2.57. The van der Waals surface area contributed by atoms with Crippen molar-refractivity contribution in [1.29, 1.82) is 0 Å². The van der Waals surface area contributed by atoms with Crippen molar-refractivity contribution in [3.63, 3.8) is 0 Å².